The number of hydrogen-bond donors (Lipinski definition) is 1. The van der Waals surface area contributed by atoms with Gasteiger partial charge in [0.05, 0.1) is 7.11 Å². The summed E-state index contributed by atoms with van der Waals surface area (Å²) >= 11 is 0. The zero-order chi connectivity index (χ0) is 11.8. The second-order valence-corrected chi connectivity index (χ2v) is 3.77. The lowest BCUT2D eigenvalue weighted by Gasteiger charge is -2.04. The maximum atomic E-state index is 11.6. The van der Waals surface area contributed by atoms with Crippen molar-refractivity contribution in [1.29, 1.82) is 0 Å². The minimum absolute atomic E-state index is 0.281. The fourth-order valence-corrected chi connectivity index (χ4v) is 1.56. The molecule has 0 unspecified atom stereocenters. The van der Waals surface area contributed by atoms with E-state index in [1.54, 1.807) is 7.11 Å². The first kappa shape index (κ1) is 12.7. The molecule has 3 heteroatoms. The number of carbonyl (C=O) groups excluding carboxylic acids is 1. The first-order valence-corrected chi connectivity index (χ1v) is 5.55. The molecule has 0 heterocycles. The van der Waals surface area contributed by atoms with Gasteiger partial charge in [0.1, 0.15) is 11.5 Å². The topological polar surface area (TPSA) is 38.3 Å². The van der Waals surface area contributed by atoms with Gasteiger partial charge in [-0.05, 0) is 37.7 Å². The molecule has 16 heavy (non-hydrogen) atoms. The zero-order valence-electron chi connectivity index (χ0n) is 9.95. The highest BCUT2D eigenvalue weighted by Gasteiger charge is 2.04. The van der Waals surface area contributed by atoms with Crippen LogP contribution >= 0.6 is 0 Å². The van der Waals surface area contributed by atoms with Gasteiger partial charge in [0.2, 0.25) is 0 Å². The molecule has 0 amide bonds. The molecule has 0 atom stereocenters. The Kier molecular flexibility index (Phi) is 5.57. The Morgan fingerprint density at radius 2 is 2.25 bits per heavy atom. The van der Waals surface area contributed by atoms with Gasteiger partial charge < -0.3 is 10.1 Å². The van der Waals surface area contributed by atoms with Crippen LogP contribution < -0.4 is 10.1 Å². The molecular formula is C13H19NO2. The van der Waals surface area contributed by atoms with Crippen molar-refractivity contribution < 1.29 is 9.53 Å². The second kappa shape index (κ2) is 7.01. The van der Waals surface area contributed by atoms with E-state index in [9.17, 15) is 4.79 Å². The Morgan fingerprint density at radius 3 is 2.94 bits per heavy atom. The van der Waals surface area contributed by atoms with Crippen LogP contribution in [0.4, 0.5) is 0 Å². The highest BCUT2D eigenvalue weighted by molar-refractivity contribution is 5.80. The van der Waals surface area contributed by atoms with Crippen LogP contribution in [0, 0.1) is 0 Å². The lowest BCUT2D eigenvalue weighted by molar-refractivity contribution is -0.118. The van der Waals surface area contributed by atoms with Crippen LogP contribution in [0.3, 0.4) is 0 Å². The van der Waals surface area contributed by atoms with Gasteiger partial charge in [-0.2, -0.15) is 0 Å². The number of rotatable bonds is 7. The van der Waals surface area contributed by atoms with Crippen molar-refractivity contribution in [3.05, 3.63) is 29.8 Å². The molecule has 1 aromatic carbocycles. The van der Waals surface area contributed by atoms with Crippen molar-refractivity contribution in [2.45, 2.75) is 19.3 Å². The summed E-state index contributed by atoms with van der Waals surface area (Å²) in [6.45, 7) is 0.893. The second-order valence-electron chi connectivity index (χ2n) is 3.77. The van der Waals surface area contributed by atoms with Gasteiger partial charge in [-0.25, -0.2) is 0 Å². The van der Waals surface area contributed by atoms with Crippen LogP contribution in [-0.4, -0.2) is 26.5 Å². The molecule has 0 aliphatic rings. The molecule has 1 aromatic rings. The third kappa shape index (κ3) is 4.45. The summed E-state index contributed by atoms with van der Waals surface area (Å²) in [6.07, 6.45) is 2.04. The highest BCUT2D eigenvalue weighted by Crippen LogP contribution is 2.13. The summed E-state index contributed by atoms with van der Waals surface area (Å²) in [6, 6.07) is 7.67. The maximum absolute atomic E-state index is 11.6. The number of nitrogens with one attached hydrogen (secondary N) is 1. The number of ether oxygens (including phenoxy) is 1. The zero-order valence-corrected chi connectivity index (χ0v) is 9.95. The smallest absolute Gasteiger partial charge is 0.137 e. The Balaban J connectivity index is 2.43. The summed E-state index contributed by atoms with van der Waals surface area (Å²) in [4.78, 5) is 11.6. The molecule has 0 spiro atoms. The SMILES string of the molecule is CNCCCC(=O)Cc1cccc(OC)c1. The molecule has 0 fully saturated rings. The Hall–Kier alpha value is -1.35. The summed E-state index contributed by atoms with van der Waals surface area (Å²) in [5.74, 6) is 1.09. The van der Waals surface area contributed by atoms with Crippen LogP contribution in [0.1, 0.15) is 18.4 Å². The number of ketones is 1. The van der Waals surface area contributed by atoms with E-state index >= 15 is 0 Å². The van der Waals surface area contributed by atoms with Crippen LogP contribution in [0.15, 0.2) is 24.3 Å². The van der Waals surface area contributed by atoms with E-state index in [-0.39, 0.29) is 5.78 Å². The molecule has 0 aliphatic carbocycles. The Labute approximate surface area is 96.8 Å². The molecule has 0 aromatic heterocycles. The molecule has 0 saturated carbocycles. The van der Waals surface area contributed by atoms with Crippen molar-refractivity contribution in [3.63, 3.8) is 0 Å². The van der Waals surface area contributed by atoms with Crippen LogP contribution in [-0.2, 0) is 11.2 Å². The average molecular weight is 221 g/mol. The Morgan fingerprint density at radius 1 is 1.44 bits per heavy atom. The van der Waals surface area contributed by atoms with Crippen molar-refractivity contribution >= 4 is 5.78 Å². The molecule has 1 rings (SSSR count). The molecule has 3 nitrogen and oxygen atoms in total. The van der Waals surface area contributed by atoms with Crippen molar-refractivity contribution in [1.82, 2.24) is 5.32 Å². The predicted molar refractivity (Wildman–Crippen MR) is 64.9 cm³/mol. The standard InChI is InChI=1S/C13H19NO2/c1-14-8-4-6-12(15)9-11-5-3-7-13(10-11)16-2/h3,5,7,10,14H,4,6,8-9H2,1-2H3. The van der Waals surface area contributed by atoms with Crippen molar-refractivity contribution in [2.24, 2.45) is 0 Å². The summed E-state index contributed by atoms with van der Waals surface area (Å²) in [5.41, 5.74) is 1.02. The van der Waals surface area contributed by atoms with Gasteiger partial charge in [-0.1, -0.05) is 12.1 Å². The van der Waals surface area contributed by atoms with E-state index in [4.69, 9.17) is 4.74 Å². The summed E-state index contributed by atoms with van der Waals surface area (Å²) in [7, 11) is 3.53. The van der Waals surface area contributed by atoms with E-state index in [1.165, 1.54) is 0 Å². The number of carbonyl (C=O) groups is 1. The van der Waals surface area contributed by atoms with Crippen LogP contribution in [0.5, 0.6) is 5.75 Å². The number of benzene rings is 1. The largest absolute Gasteiger partial charge is 0.497 e. The van der Waals surface area contributed by atoms with E-state index in [2.05, 4.69) is 5.32 Å². The van der Waals surface area contributed by atoms with Gasteiger partial charge in [-0.3, -0.25) is 4.79 Å². The normalized spacial score (nSPS) is 10.1. The van der Waals surface area contributed by atoms with Gasteiger partial charge >= 0.3 is 0 Å². The minimum Gasteiger partial charge on any atom is -0.497 e. The molecule has 0 bridgehead atoms. The predicted octanol–water partition coefficient (Wildman–Crippen LogP) is 1.81. The van der Waals surface area contributed by atoms with Gasteiger partial charge in [0, 0.05) is 12.8 Å². The van der Waals surface area contributed by atoms with Gasteiger partial charge in [-0.15, -0.1) is 0 Å². The first-order chi connectivity index (χ1) is 7.76. The average Bonchev–Trinajstić information content (AvgIpc) is 2.29. The van der Waals surface area contributed by atoms with E-state index in [0.29, 0.717) is 12.8 Å². The van der Waals surface area contributed by atoms with Crippen molar-refractivity contribution in [2.75, 3.05) is 20.7 Å². The molecule has 0 radical (unpaired) electrons. The van der Waals surface area contributed by atoms with Crippen LogP contribution in [0.2, 0.25) is 0 Å². The third-order valence-corrected chi connectivity index (χ3v) is 2.42. The fourth-order valence-electron chi connectivity index (χ4n) is 1.56. The van der Waals surface area contributed by atoms with Crippen LogP contribution in [0.25, 0.3) is 0 Å². The summed E-state index contributed by atoms with van der Waals surface area (Å²) in [5, 5.41) is 3.03. The van der Waals surface area contributed by atoms with E-state index < -0.39 is 0 Å². The molecule has 1 N–H and O–H groups in total. The van der Waals surface area contributed by atoms with Gasteiger partial charge in [0.25, 0.3) is 0 Å². The lowest BCUT2D eigenvalue weighted by Crippen LogP contribution is -2.11. The fraction of sp³-hybridized carbons (Fsp3) is 0.462. The van der Waals surface area contributed by atoms with E-state index in [0.717, 1.165) is 24.3 Å². The monoisotopic (exact) mass is 221 g/mol. The molecular weight excluding hydrogens is 202 g/mol. The lowest BCUT2D eigenvalue weighted by atomic mass is 10.1. The number of hydrogen-bond acceptors (Lipinski definition) is 3. The van der Waals surface area contributed by atoms with E-state index in [1.807, 2.05) is 31.3 Å². The first-order valence-electron chi connectivity index (χ1n) is 5.55. The molecule has 0 aliphatic heterocycles. The van der Waals surface area contributed by atoms with Gasteiger partial charge in [0.15, 0.2) is 0 Å². The molecule has 88 valence electrons. The maximum Gasteiger partial charge on any atom is 0.137 e. The third-order valence-electron chi connectivity index (χ3n) is 2.42. The van der Waals surface area contributed by atoms with Crippen molar-refractivity contribution in [3.8, 4) is 5.75 Å². The molecule has 0 saturated heterocycles. The quantitative estimate of drug-likeness (QED) is 0.714. The Bertz CT molecular complexity index is 336. The number of methoxy groups -OCH3 is 1. The highest BCUT2D eigenvalue weighted by atomic mass is 16.5. The minimum atomic E-state index is 0.281. The number of Topliss-reactive ketones (excluding diaryl/α,β-unsaturated/α-hetero) is 1. The summed E-state index contributed by atoms with van der Waals surface area (Å²) < 4.78 is 5.11.